The van der Waals surface area contributed by atoms with E-state index in [1.165, 1.54) is 31.3 Å². The van der Waals surface area contributed by atoms with Crippen LogP contribution in [-0.2, 0) is 4.79 Å². The van der Waals surface area contributed by atoms with Crippen molar-refractivity contribution in [1.82, 2.24) is 5.32 Å². The largest absolute Gasteiger partial charge is 0.376 e. The highest BCUT2D eigenvalue weighted by Crippen LogP contribution is 2.19. The van der Waals surface area contributed by atoms with Crippen LogP contribution in [0.1, 0.15) is 32.1 Å². The van der Waals surface area contributed by atoms with E-state index in [1.54, 1.807) is 12.1 Å². The van der Waals surface area contributed by atoms with Gasteiger partial charge in [0.1, 0.15) is 0 Å². The number of rotatable bonds is 6. The van der Waals surface area contributed by atoms with Gasteiger partial charge in [0.25, 0.3) is 0 Å². The first-order chi connectivity index (χ1) is 9.74. The van der Waals surface area contributed by atoms with Crippen molar-refractivity contribution in [2.24, 2.45) is 0 Å². The van der Waals surface area contributed by atoms with Gasteiger partial charge in [-0.25, -0.2) is 0 Å². The van der Waals surface area contributed by atoms with Crippen molar-refractivity contribution in [3.05, 3.63) is 40.9 Å². The van der Waals surface area contributed by atoms with E-state index in [2.05, 4.69) is 16.7 Å². The van der Waals surface area contributed by atoms with Crippen LogP contribution in [0, 0.1) is 0 Å². The predicted molar refractivity (Wildman–Crippen MR) is 84.1 cm³/mol. The SMILES string of the molecule is O=C(CNc1ccc(Cl)cc1)NCCC1=CCCCC1. The van der Waals surface area contributed by atoms with Gasteiger partial charge in [-0.15, -0.1) is 0 Å². The van der Waals surface area contributed by atoms with E-state index >= 15 is 0 Å². The number of amides is 1. The summed E-state index contributed by atoms with van der Waals surface area (Å²) in [4.78, 5) is 11.7. The fourth-order valence-electron chi connectivity index (χ4n) is 2.31. The van der Waals surface area contributed by atoms with Crippen LogP contribution in [0.4, 0.5) is 5.69 Å². The van der Waals surface area contributed by atoms with Gasteiger partial charge in [-0.3, -0.25) is 4.79 Å². The number of allylic oxidation sites excluding steroid dienone is 1. The van der Waals surface area contributed by atoms with Crippen LogP contribution in [0.5, 0.6) is 0 Å². The third-order valence-electron chi connectivity index (χ3n) is 3.45. The number of halogens is 1. The molecule has 1 aliphatic carbocycles. The topological polar surface area (TPSA) is 41.1 Å². The average molecular weight is 293 g/mol. The number of anilines is 1. The number of carbonyl (C=O) groups is 1. The van der Waals surface area contributed by atoms with Crippen molar-refractivity contribution < 1.29 is 4.79 Å². The summed E-state index contributed by atoms with van der Waals surface area (Å²) in [7, 11) is 0. The lowest BCUT2D eigenvalue weighted by Gasteiger charge is -2.13. The molecule has 108 valence electrons. The summed E-state index contributed by atoms with van der Waals surface area (Å²) in [5.41, 5.74) is 2.39. The molecule has 1 amide bonds. The summed E-state index contributed by atoms with van der Waals surface area (Å²) in [6.45, 7) is 1.02. The smallest absolute Gasteiger partial charge is 0.239 e. The molecular weight excluding hydrogens is 272 g/mol. The second-order valence-corrected chi connectivity index (χ2v) is 5.50. The van der Waals surface area contributed by atoms with Crippen LogP contribution in [0.25, 0.3) is 0 Å². The Kier molecular flexibility index (Phi) is 5.93. The molecule has 20 heavy (non-hydrogen) atoms. The first-order valence-electron chi connectivity index (χ1n) is 7.18. The van der Waals surface area contributed by atoms with Gasteiger partial charge in [-0.2, -0.15) is 0 Å². The van der Waals surface area contributed by atoms with Crippen LogP contribution >= 0.6 is 11.6 Å². The minimum atomic E-state index is 0.0244. The number of benzene rings is 1. The molecule has 0 saturated carbocycles. The van der Waals surface area contributed by atoms with Crippen LogP contribution < -0.4 is 10.6 Å². The van der Waals surface area contributed by atoms with E-state index in [9.17, 15) is 4.79 Å². The normalized spacial score (nSPS) is 14.6. The van der Waals surface area contributed by atoms with E-state index in [4.69, 9.17) is 11.6 Å². The van der Waals surface area contributed by atoms with E-state index in [0.717, 1.165) is 18.7 Å². The Balaban J connectivity index is 1.62. The van der Waals surface area contributed by atoms with E-state index in [1.807, 2.05) is 12.1 Å². The maximum atomic E-state index is 11.7. The standard InChI is InChI=1S/C16H21ClN2O/c17-14-6-8-15(9-7-14)19-12-16(20)18-11-10-13-4-2-1-3-5-13/h4,6-9,19H,1-3,5,10-12H2,(H,18,20). The fourth-order valence-corrected chi connectivity index (χ4v) is 2.43. The maximum Gasteiger partial charge on any atom is 0.239 e. The fraction of sp³-hybridized carbons (Fsp3) is 0.438. The quantitative estimate of drug-likeness (QED) is 0.784. The monoisotopic (exact) mass is 292 g/mol. The van der Waals surface area contributed by atoms with Gasteiger partial charge in [0.05, 0.1) is 6.54 Å². The van der Waals surface area contributed by atoms with Crippen molar-refractivity contribution in [1.29, 1.82) is 0 Å². The van der Waals surface area contributed by atoms with E-state index in [-0.39, 0.29) is 5.91 Å². The molecule has 1 aromatic carbocycles. The summed E-state index contributed by atoms with van der Waals surface area (Å²) in [5, 5.41) is 6.71. The predicted octanol–water partition coefficient (Wildman–Crippen LogP) is 3.76. The summed E-state index contributed by atoms with van der Waals surface area (Å²) in [6, 6.07) is 7.33. The molecule has 2 rings (SSSR count). The van der Waals surface area contributed by atoms with Crippen molar-refractivity contribution >= 4 is 23.2 Å². The number of nitrogens with one attached hydrogen (secondary N) is 2. The Labute approximate surface area is 125 Å². The molecule has 0 aromatic heterocycles. The minimum Gasteiger partial charge on any atom is -0.376 e. The second-order valence-electron chi connectivity index (χ2n) is 5.07. The summed E-state index contributed by atoms with van der Waals surface area (Å²) < 4.78 is 0. The third kappa shape index (κ3) is 5.25. The molecular formula is C16H21ClN2O. The van der Waals surface area contributed by atoms with Crippen molar-refractivity contribution in [3.8, 4) is 0 Å². The highest BCUT2D eigenvalue weighted by Gasteiger charge is 2.05. The molecule has 0 saturated heterocycles. The Morgan fingerprint density at radius 1 is 1.20 bits per heavy atom. The Morgan fingerprint density at radius 3 is 2.70 bits per heavy atom. The van der Waals surface area contributed by atoms with Gasteiger partial charge in [0.15, 0.2) is 0 Å². The molecule has 0 radical (unpaired) electrons. The van der Waals surface area contributed by atoms with Crippen molar-refractivity contribution in [3.63, 3.8) is 0 Å². The molecule has 1 aromatic rings. The zero-order valence-electron chi connectivity index (χ0n) is 11.6. The molecule has 0 bridgehead atoms. The molecule has 0 spiro atoms. The second kappa shape index (κ2) is 7.95. The molecule has 0 heterocycles. The van der Waals surface area contributed by atoms with Crippen molar-refractivity contribution in [2.45, 2.75) is 32.1 Å². The molecule has 1 aliphatic rings. The van der Waals surface area contributed by atoms with Crippen LogP contribution in [0.2, 0.25) is 5.02 Å². The Hall–Kier alpha value is -1.48. The lowest BCUT2D eigenvalue weighted by atomic mass is 9.97. The summed E-state index contributed by atoms with van der Waals surface area (Å²) in [5.74, 6) is 0.0244. The van der Waals surface area contributed by atoms with Crippen LogP contribution in [-0.4, -0.2) is 19.0 Å². The Morgan fingerprint density at radius 2 is 2.00 bits per heavy atom. The van der Waals surface area contributed by atoms with Crippen LogP contribution in [0.15, 0.2) is 35.9 Å². The number of hydrogen-bond acceptors (Lipinski definition) is 2. The highest BCUT2D eigenvalue weighted by atomic mass is 35.5. The zero-order valence-corrected chi connectivity index (χ0v) is 12.4. The average Bonchev–Trinajstić information content (AvgIpc) is 2.48. The van der Waals surface area contributed by atoms with Crippen LogP contribution in [0.3, 0.4) is 0 Å². The van der Waals surface area contributed by atoms with Gasteiger partial charge in [0, 0.05) is 17.3 Å². The van der Waals surface area contributed by atoms with Gasteiger partial charge in [0.2, 0.25) is 5.91 Å². The molecule has 3 nitrogen and oxygen atoms in total. The molecule has 0 atom stereocenters. The summed E-state index contributed by atoms with van der Waals surface area (Å²) in [6.07, 6.45) is 8.29. The molecule has 0 unspecified atom stereocenters. The first-order valence-corrected chi connectivity index (χ1v) is 7.56. The van der Waals surface area contributed by atoms with Gasteiger partial charge in [-0.05, 0) is 56.4 Å². The van der Waals surface area contributed by atoms with Gasteiger partial charge < -0.3 is 10.6 Å². The third-order valence-corrected chi connectivity index (χ3v) is 3.70. The minimum absolute atomic E-state index is 0.0244. The van der Waals surface area contributed by atoms with Gasteiger partial charge in [-0.1, -0.05) is 23.3 Å². The number of hydrogen-bond donors (Lipinski definition) is 2. The highest BCUT2D eigenvalue weighted by molar-refractivity contribution is 6.30. The number of carbonyl (C=O) groups excluding carboxylic acids is 1. The van der Waals surface area contributed by atoms with E-state index in [0.29, 0.717) is 11.6 Å². The molecule has 2 N–H and O–H groups in total. The Bertz CT molecular complexity index is 468. The van der Waals surface area contributed by atoms with Crippen molar-refractivity contribution in [2.75, 3.05) is 18.4 Å². The first kappa shape index (κ1) is 14.9. The summed E-state index contributed by atoms with van der Waals surface area (Å²) >= 11 is 5.80. The maximum absolute atomic E-state index is 11.7. The molecule has 0 fully saturated rings. The lowest BCUT2D eigenvalue weighted by molar-refractivity contribution is -0.119. The van der Waals surface area contributed by atoms with E-state index < -0.39 is 0 Å². The molecule has 0 aliphatic heterocycles. The lowest BCUT2D eigenvalue weighted by Crippen LogP contribution is -2.30. The zero-order chi connectivity index (χ0) is 14.2. The van der Waals surface area contributed by atoms with Gasteiger partial charge >= 0.3 is 0 Å². The molecule has 4 heteroatoms.